The Bertz CT molecular complexity index is 1210. The number of amides is 2. The average Bonchev–Trinajstić information content (AvgIpc) is 3.13. The second-order valence-electron chi connectivity index (χ2n) is 7.44. The zero-order valence-corrected chi connectivity index (χ0v) is 18.8. The van der Waals surface area contributed by atoms with Gasteiger partial charge in [-0.05, 0) is 35.4 Å². The zero-order valence-electron chi connectivity index (χ0n) is 17.2. The molecule has 2 atom stereocenters. The molecule has 4 rings (SSSR count). The molecule has 0 saturated carbocycles. The minimum atomic E-state index is -3.50. The lowest BCUT2D eigenvalue weighted by molar-refractivity contribution is 0.204. The lowest BCUT2D eigenvalue weighted by Gasteiger charge is -2.28. The Labute approximate surface area is 191 Å². The maximum absolute atomic E-state index is 12.6. The number of benzene rings is 2. The van der Waals surface area contributed by atoms with Gasteiger partial charge in [0.2, 0.25) is 5.88 Å². The van der Waals surface area contributed by atoms with Gasteiger partial charge in [0.05, 0.1) is 12.2 Å². The fourth-order valence-corrected chi connectivity index (χ4v) is 4.84. The van der Waals surface area contributed by atoms with Crippen LogP contribution in [0.5, 0.6) is 11.6 Å². The van der Waals surface area contributed by atoms with E-state index in [4.69, 9.17) is 16.3 Å². The summed E-state index contributed by atoms with van der Waals surface area (Å²) in [5.41, 5.74) is 1.39. The number of ether oxygens (including phenoxy) is 1. The number of carbonyl (C=O) groups is 1. The van der Waals surface area contributed by atoms with Crippen LogP contribution in [0.3, 0.4) is 0 Å². The van der Waals surface area contributed by atoms with Gasteiger partial charge in [0, 0.05) is 36.8 Å². The first-order chi connectivity index (χ1) is 15.3. The Morgan fingerprint density at radius 2 is 2.00 bits per heavy atom. The molecule has 1 aliphatic heterocycles. The summed E-state index contributed by atoms with van der Waals surface area (Å²) in [6, 6.07) is 13.2. The summed E-state index contributed by atoms with van der Waals surface area (Å²) in [6.07, 6.45) is 5.76. The third-order valence-corrected chi connectivity index (χ3v) is 6.92. The van der Waals surface area contributed by atoms with E-state index in [1.807, 2.05) is 18.2 Å². The second kappa shape index (κ2) is 9.13. The van der Waals surface area contributed by atoms with Crippen molar-refractivity contribution in [3.05, 3.63) is 83.3 Å². The molecule has 1 fully saturated rings. The lowest BCUT2D eigenvalue weighted by Crippen LogP contribution is -2.36. The first-order valence-corrected chi connectivity index (χ1v) is 12.2. The van der Waals surface area contributed by atoms with E-state index in [0.29, 0.717) is 28.8 Å². The normalized spacial score (nSPS) is 17.1. The molecule has 0 radical (unpaired) electrons. The number of carbonyl (C=O) groups excluding carboxylic acids is 1. The van der Waals surface area contributed by atoms with E-state index in [-0.39, 0.29) is 18.6 Å². The summed E-state index contributed by atoms with van der Waals surface area (Å²) in [6.45, 7) is 0.358. The molecular formula is C22H21ClN4O4S. The monoisotopic (exact) mass is 472 g/mol. The highest BCUT2D eigenvalue weighted by molar-refractivity contribution is 7.91. The number of urea groups is 1. The van der Waals surface area contributed by atoms with Crippen LogP contribution in [0.25, 0.3) is 0 Å². The van der Waals surface area contributed by atoms with E-state index in [0.717, 1.165) is 5.56 Å². The van der Waals surface area contributed by atoms with E-state index in [9.17, 15) is 13.2 Å². The maximum Gasteiger partial charge on any atom is 0.318 e. The fourth-order valence-electron chi connectivity index (χ4n) is 3.63. The molecule has 8 nitrogen and oxygen atoms in total. The van der Waals surface area contributed by atoms with Gasteiger partial charge >= 0.3 is 6.03 Å². The molecule has 2 unspecified atom stereocenters. The minimum Gasteiger partial charge on any atom is -0.437 e. The highest BCUT2D eigenvalue weighted by atomic mass is 35.5. The molecule has 0 spiro atoms. The fraction of sp³-hybridized carbons (Fsp3) is 0.227. The van der Waals surface area contributed by atoms with Crippen LogP contribution in [0.2, 0.25) is 5.02 Å². The third kappa shape index (κ3) is 5.00. The van der Waals surface area contributed by atoms with Crippen LogP contribution >= 0.6 is 11.6 Å². The summed E-state index contributed by atoms with van der Waals surface area (Å²) in [5, 5.41) is 2.44. The van der Waals surface area contributed by atoms with Crippen molar-refractivity contribution in [3.8, 4) is 11.6 Å². The molecule has 10 heteroatoms. The summed E-state index contributed by atoms with van der Waals surface area (Å²) >= 11 is 5.96. The van der Waals surface area contributed by atoms with Crippen LogP contribution in [0, 0.1) is 0 Å². The number of rotatable bonds is 7. The van der Waals surface area contributed by atoms with Gasteiger partial charge in [0.25, 0.3) is 0 Å². The van der Waals surface area contributed by atoms with E-state index in [1.54, 1.807) is 41.4 Å². The topological polar surface area (TPSA) is 101 Å². The van der Waals surface area contributed by atoms with E-state index >= 15 is 0 Å². The molecule has 2 amide bonds. The van der Waals surface area contributed by atoms with E-state index < -0.39 is 15.1 Å². The third-order valence-electron chi connectivity index (χ3n) is 5.21. The average molecular weight is 473 g/mol. The van der Waals surface area contributed by atoms with Crippen molar-refractivity contribution in [2.24, 2.45) is 0 Å². The van der Waals surface area contributed by atoms with Gasteiger partial charge in [-0.2, -0.15) is 0 Å². The first kappa shape index (κ1) is 22.0. The SMILES string of the molecule is CS(=O)(=O)C(CN1C(=O)NCC1c1cccc(Oc2cnccn2)c1)c1ccc(Cl)cc1. The van der Waals surface area contributed by atoms with E-state index in [2.05, 4.69) is 15.3 Å². The van der Waals surface area contributed by atoms with Gasteiger partial charge in [-0.1, -0.05) is 35.9 Å². The molecule has 1 N–H and O–H groups in total. The molecule has 166 valence electrons. The molecule has 1 aromatic heterocycles. The number of hydrogen-bond donors (Lipinski definition) is 1. The smallest absolute Gasteiger partial charge is 0.318 e. The van der Waals surface area contributed by atoms with Crippen molar-refractivity contribution >= 4 is 27.5 Å². The Balaban J connectivity index is 1.60. The highest BCUT2D eigenvalue weighted by Crippen LogP contribution is 2.33. The molecular weight excluding hydrogens is 452 g/mol. The molecule has 0 aliphatic carbocycles. The predicted molar refractivity (Wildman–Crippen MR) is 120 cm³/mol. The van der Waals surface area contributed by atoms with Crippen LogP contribution in [0.4, 0.5) is 4.79 Å². The molecule has 0 bridgehead atoms. The van der Waals surface area contributed by atoms with Gasteiger partial charge in [-0.15, -0.1) is 0 Å². The standard InChI is InChI=1S/C22H21ClN4O4S/c1-32(29,30)20(15-5-7-17(23)8-6-15)14-27-19(12-26-22(27)28)16-3-2-4-18(11-16)31-21-13-24-9-10-25-21/h2-11,13,19-20H,12,14H2,1H3,(H,26,28). The summed E-state index contributed by atoms with van der Waals surface area (Å²) in [7, 11) is -3.50. The van der Waals surface area contributed by atoms with Gasteiger partial charge in [0.1, 0.15) is 11.0 Å². The zero-order chi connectivity index (χ0) is 22.7. The van der Waals surface area contributed by atoms with Crippen molar-refractivity contribution in [2.75, 3.05) is 19.3 Å². The highest BCUT2D eigenvalue weighted by Gasteiger charge is 2.36. The molecule has 2 heterocycles. The van der Waals surface area contributed by atoms with Gasteiger partial charge in [-0.3, -0.25) is 4.98 Å². The van der Waals surface area contributed by atoms with Crippen LogP contribution in [0.1, 0.15) is 22.4 Å². The van der Waals surface area contributed by atoms with Crippen LogP contribution in [-0.2, 0) is 9.84 Å². The van der Waals surface area contributed by atoms with Crippen LogP contribution in [0.15, 0.2) is 67.1 Å². The van der Waals surface area contributed by atoms with Crippen molar-refractivity contribution in [2.45, 2.75) is 11.3 Å². The van der Waals surface area contributed by atoms with Crippen LogP contribution in [-0.4, -0.2) is 48.7 Å². The second-order valence-corrected chi connectivity index (χ2v) is 10.1. The molecule has 1 aliphatic rings. The van der Waals surface area contributed by atoms with Gasteiger partial charge in [-0.25, -0.2) is 18.2 Å². The van der Waals surface area contributed by atoms with Crippen LogP contribution < -0.4 is 10.1 Å². The van der Waals surface area contributed by atoms with Gasteiger partial charge in [0.15, 0.2) is 9.84 Å². The summed E-state index contributed by atoms with van der Waals surface area (Å²) in [4.78, 5) is 22.2. The maximum atomic E-state index is 12.6. The summed E-state index contributed by atoms with van der Waals surface area (Å²) < 4.78 is 30.9. The first-order valence-electron chi connectivity index (χ1n) is 9.84. The number of halogens is 1. The molecule has 2 aromatic carbocycles. The van der Waals surface area contributed by atoms with Crippen molar-refractivity contribution in [1.82, 2.24) is 20.2 Å². The van der Waals surface area contributed by atoms with Crippen molar-refractivity contribution < 1.29 is 17.9 Å². The molecule has 1 saturated heterocycles. The number of hydrogen-bond acceptors (Lipinski definition) is 6. The quantitative estimate of drug-likeness (QED) is 0.561. The summed E-state index contributed by atoms with van der Waals surface area (Å²) in [5.74, 6) is 0.890. The number of nitrogens with one attached hydrogen (secondary N) is 1. The minimum absolute atomic E-state index is 0.00616. The molecule has 3 aromatic rings. The van der Waals surface area contributed by atoms with Gasteiger partial charge < -0.3 is 15.0 Å². The largest absolute Gasteiger partial charge is 0.437 e. The Morgan fingerprint density at radius 1 is 1.22 bits per heavy atom. The molecule has 32 heavy (non-hydrogen) atoms. The Morgan fingerprint density at radius 3 is 2.69 bits per heavy atom. The number of nitrogens with zero attached hydrogens (tertiary/aromatic N) is 3. The predicted octanol–water partition coefficient (Wildman–Crippen LogP) is 3.77. The Kier molecular flexibility index (Phi) is 6.29. The van der Waals surface area contributed by atoms with Crippen molar-refractivity contribution in [1.29, 1.82) is 0 Å². The van der Waals surface area contributed by atoms with E-state index in [1.165, 1.54) is 18.6 Å². The lowest BCUT2D eigenvalue weighted by atomic mass is 10.1. The number of aromatic nitrogens is 2. The Hall–Kier alpha value is -3.17. The number of sulfone groups is 1. The van der Waals surface area contributed by atoms with Crippen molar-refractivity contribution in [3.63, 3.8) is 0 Å².